The topological polar surface area (TPSA) is 80.7 Å². The summed E-state index contributed by atoms with van der Waals surface area (Å²) in [4.78, 5) is 17.2. The van der Waals surface area contributed by atoms with Crippen molar-refractivity contribution >= 4 is 16.8 Å². The Bertz CT molecular complexity index is 1460. The quantitative estimate of drug-likeness (QED) is 0.286. The lowest BCUT2D eigenvalue weighted by molar-refractivity contribution is -0.123. The Morgan fingerprint density at radius 1 is 0.778 bits per heavy atom. The maximum absolute atomic E-state index is 12.9. The van der Waals surface area contributed by atoms with E-state index in [0.29, 0.717) is 22.6 Å². The fourth-order valence-electron chi connectivity index (χ4n) is 3.94. The number of hydrogen-bond acceptors (Lipinski definition) is 5. The smallest absolute Gasteiger partial charge is 0.258 e. The van der Waals surface area contributed by atoms with E-state index < -0.39 is 6.04 Å². The van der Waals surface area contributed by atoms with Gasteiger partial charge in [0.15, 0.2) is 6.61 Å². The first-order chi connectivity index (χ1) is 17.7. The lowest BCUT2D eigenvalue weighted by Crippen LogP contribution is -2.33. The molecule has 1 amide bonds. The second kappa shape index (κ2) is 10.6. The van der Waals surface area contributed by atoms with Crippen molar-refractivity contribution in [3.05, 3.63) is 127 Å². The molecule has 0 fully saturated rings. The van der Waals surface area contributed by atoms with Crippen LogP contribution < -0.4 is 14.8 Å². The molecule has 2 N–H and O–H groups in total. The Kier molecular flexibility index (Phi) is 6.76. The lowest BCUT2D eigenvalue weighted by Gasteiger charge is -2.21. The van der Waals surface area contributed by atoms with Gasteiger partial charge in [-0.1, -0.05) is 66.7 Å². The molecular weight excluding hydrogens is 452 g/mol. The number of fused-ring (bicyclic) bond motifs is 1. The predicted molar refractivity (Wildman–Crippen MR) is 138 cm³/mol. The number of carbonyl (C=O) groups is 1. The van der Waals surface area contributed by atoms with Crippen molar-refractivity contribution in [3.63, 3.8) is 0 Å². The third kappa shape index (κ3) is 5.28. The molecule has 5 aromatic rings. The molecule has 1 atom stereocenters. The van der Waals surface area contributed by atoms with E-state index in [1.54, 1.807) is 30.5 Å². The van der Waals surface area contributed by atoms with E-state index in [0.717, 1.165) is 16.7 Å². The van der Waals surface area contributed by atoms with Crippen LogP contribution in [-0.2, 0) is 4.79 Å². The predicted octanol–water partition coefficient (Wildman–Crippen LogP) is 6.02. The van der Waals surface area contributed by atoms with Crippen LogP contribution in [0.1, 0.15) is 17.2 Å². The molecule has 0 saturated heterocycles. The number of phenolic OH excluding ortho intramolecular Hbond substituents is 1. The van der Waals surface area contributed by atoms with Crippen molar-refractivity contribution in [2.24, 2.45) is 0 Å². The zero-order valence-electron chi connectivity index (χ0n) is 19.4. The third-order valence-corrected chi connectivity index (χ3v) is 5.70. The molecule has 1 aromatic heterocycles. The van der Waals surface area contributed by atoms with Crippen LogP contribution in [0.3, 0.4) is 0 Å². The van der Waals surface area contributed by atoms with Crippen LogP contribution in [0.2, 0.25) is 0 Å². The van der Waals surface area contributed by atoms with Crippen LogP contribution in [-0.4, -0.2) is 22.6 Å². The van der Waals surface area contributed by atoms with Crippen LogP contribution in [0.4, 0.5) is 0 Å². The minimum absolute atomic E-state index is 0.0391. The molecule has 0 saturated carbocycles. The number of pyridine rings is 1. The molecule has 0 bridgehead atoms. The number of carbonyl (C=O) groups excluding carboxylic acids is 1. The molecule has 1 heterocycles. The van der Waals surface area contributed by atoms with E-state index in [-0.39, 0.29) is 18.3 Å². The number of nitrogens with zero attached hydrogens (tertiary/aromatic N) is 1. The van der Waals surface area contributed by atoms with Crippen LogP contribution in [0, 0.1) is 0 Å². The lowest BCUT2D eigenvalue weighted by atomic mass is 9.96. The van der Waals surface area contributed by atoms with Crippen molar-refractivity contribution < 1.29 is 19.4 Å². The van der Waals surface area contributed by atoms with E-state index in [1.807, 2.05) is 84.9 Å². The number of phenols is 1. The summed E-state index contributed by atoms with van der Waals surface area (Å²) in [7, 11) is 0. The second-order valence-electron chi connectivity index (χ2n) is 8.16. The van der Waals surface area contributed by atoms with Crippen LogP contribution in [0.25, 0.3) is 10.9 Å². The maximum Gasteiger partial charge on any atom is 0.258 e. The molecule has 6 nitrogen and oxygen atoms in total. The van der Waals surface area contributed by atoms with Crippen molar-refractivity contribution in [2.45, 2.75) is 6.04 Å². The number of hydrogen-bond donors (Lipinski definition) is 2. The number of rotatable bonds is 8. The molecule has 0 spiro atoms. The molecule has 1 unspecified atom stereocenters. The van der Waals surface area contributed by atoms with E-state index in [4.69, 9.17) is 9.47 Å². The maximum atomic E-state index is 12.9. The van der Waals surface area contributed by atoms with Crippen molar-refractivity contribution in [3.8, 4) is 23.0 Å². The normalized spacial score (nSPS) is 11.6. The molecule has 0 radical (unpaired) electrons. The molecule has 0 aliphatic heterocycles. The zero-order valence-corrected chi connectivity index (χ0v) is 19.4. The fourth-order valence-corrected chi connectivity index (χ4v) is 3.94. The highest BCUT2D eigenvalue weighted by Crippen LogP contribution is 2.34. The minimum Gasteiger partial charge on any atom is -0.505 e. The molecule has 5 rings (SSSR count). The number of ether oxygens (including phenoxy) is 2. The molecule has 178 valence electrons. The Balaban J connectivity index is 1.29. The van der Waals surface area contributed by atoms with Crippen molar-refractivity contribution in [1.82, 2.24) is 10.3 Å². The van der Waals surface area contributed by atoms with Gasteiger partial charge in [-0.3, -0.25) is 9.78 Å². The largest absolute Gasteiger partial charge is 0.505 e. The summed E-state index contributed by atoms with van der Waals surface area (Å²) in [5.41, 5.74) is 1.88. The Morgan fingerprint density at radius 3 is 2.19 bits per heavy atom. The second-order valence-corrected chi connectivity index (χ2v) is 8.16. The van der Waals surface area contributed by atoms with Gasteiger partial charge >= 0.3 is 0 Å². The van der Waals surface area contributed by atoms with E-state index in [9.17, 15) is 9.90 Å². The van der Waals surface area contributed by atoms with Gasteiger partial charge in [-0.25, -0.2) is 0 Å². The average Bonchev–Trinajstić information content (AvgIpc) is 2.93. The summed E-state index contributed by atoms with van der Waals surface area (Å²) < 4.78 is 11.5. The first-order valence-electron chi connectivity index (χ1n) is 11.5. The molecule has 4 aromatic carbocycles. The highest BCUT2D eigenvalue weighted by atomic mass is 16.5. The summed E-state index contributed by atoms with van der Waals surface area (Å²) >= 11 is 0. The van der Waals surface area contributed by atoms with Gasteiger partial charge < -0.3 is 19.9 Å². The van der Waals surface area contributed by atoms with Gasteiger partial charge in [-0.2, -0.15) is 0 Å². The third-order valence-electron chi connectivity index (χ3n) is 5.70. The Hall–Kier alpha value is -4.84. The van der Waals surface area contributed by atoms with Crippen LogP contribution >= 0.6 is 0 Å². The van der Waals surface area contributed by atoms with E-state index in [2.05, 4.69) is 10.3 Å². The van der Waals surface area contributed by atoms with Gasteiger partial charge in [0.05, 0.1) is 6.04 Å². The van der Waals surface area contributed by atoms with Gasteiger partial charge in [0.1, 0.15) is 28.5 Å². The monoisotopic (exact) mass is 476 g/mol. The van der Waals surface area contributed by atoms with Crippen molar-refractivity contribution in [2.75, 3.05) is 6.61 Å². The summed E-state index contributed by atoms with van der Waals surface area (Å²) in [6.07, 6.45) is 1.63. The van der Waals surface area contributed by atoms with Gasteiger partial charge in [-0.05, 0) is 48.0 Å². The Labute approximate surface area is 208 Å². The summed E-state index contributed by atoms with van der Waals surface area (Å²) in [6.45, 7) is -0.186. The average molecular weight is 477 g/mol. The van der Waals surface area contributed by atoms with Gasteiger partial charge in [0, 0.05) is 17.1 Å². The standard InChI is InChI=1S/C30H24N2O4/c33-27(20-35-23-14-16-25(17-15-23)36-24-11-5-2-6-12-24)32-28(21-8-3-1-4-9-21)26-18-13-22-10-7-19-31-29(22)30(26)34/h1-19,28,34H,20H2,(H,32,33). The fraction of sp³-hybridized carbons (Fsp3) is 0.0667. The minimum atomic E-state index is -0.574. The number of aromatic nitrogens is 1. The number of aromatic hydroxyl groups is 1. The Morgan fingerprint density at radius 2 is 1.44 bits per heavy atom. The van der Waals surface area contributed by atoms with Gasteiger partial charge in [0.2, 0.25) is 0 Å². The SMILES string of the molecule is O=C(COc1ccc(Oc2ccccc2)cc1)NC(c1ccccc1)c1ccc2cccnc2c1O. The first kappa shape index (κ1) is 22.9. The number of para-hydroxylation sites is 1. The first-order valence-corrected chi connectivity index (χ1v) is 11.5. The summed E-state index contributed by atoms with van der Waals surface area (Å²) in [5.74, 6) is 1.66. The van der Waals surface area contributed by atoms with Crippen LogP contribution in [0.5, 0.6) is 23.0 Å². The van der Waals surface area contributed by atoms with Crippen molar-refractivity contribution in [1.29, 1.82) is 0 Å². The summed E-state index contributed by atoms with van der Waals surface area (Å²) in [6, 6.07) is 32.9. The van der Waals surface area contributed by atoms with E-state index >= 15 is 0 Å². The van der Waals surface area contributed by atoms with Crippen LogP contribution in [0.15, 0.2) is 115 Å². The van der Waals surface area contributed by atoms with E-state index in [1.165, 1.54) is 0 Å². The zero-order chi connectivity index (χ0) is 24.7. The molecular formula is C30H24N2O4. The molecule has 36 heavy (non-hydrogen) atoms. The number of amides is 1. The van der Waals surface area contributed by atoms with Gasteiger partial charge in [-0.15, -0.1) is 0 Å². The number of nitrogens with one attached hydrogen (secondary N) is 1. The molecule has 0 aliphatic rings. The highest BCUT2D eigenvalue weighted by molar-refractivity contribution is 5.86. The van der Waals surface area contributed by atoms with Gasteiger partial charge in [0.25, 0.3) is 5.91 Å². The molecule has 6 heteroatoms. The molecule has 0 aliphatic carbocycles. The summed E-state index contributed by atoms with van der Waals surface area (Å²) in [5, 5.41) is 14.8. The number of benzene rings is 4. The highest BCUT2D eigenvalue weighted by Gasteiger charge is 2.22.